The summed E-state index contributed by atoms with van der Waals surface area (Å²) in [6.07, 6.45) is 0. The highest BCUT2D eigenvalue weighted by molar-refractivity contribution is 6.30. The quantitative estimate of drug-likeness (QED) is 0.856. The molecule has 0 fully saturated rings. The van der Waals surface area contributed by atoms with Crippen LogP contribution < -0.4 is 5.32 Å². The molecule has 0 aliphatic carbocycles. The van der Waals surface area contributed by atoms with Crippen LogP contribution in [-0.4, -0.2) is 16.6 Å². The first-order valence-corrected chi connectivity index (χ1v) is 5.43. The molecule has 3 nitrogen and oxygen atoms in total. The fourth-order valence-corrected chi connectivity index (χ4v) is 1.50. The van der Waals surface area contributed by atoms with Gasteiger partial charge in [-0.05, 0) is 38.5 Å². The van der Waals surface area contributed by atoms with Crippen molar-refractivity contribution in [3.63, 3.8) is 0 Å². The van der Waals surface area contributed by atoms with Crippen molar-refractivity contribution in [1.82, 2.24) is 5.32 Å². The standard InChI is InChI=1S/C12H16ClNO2/c1-12(2,3)14-10(11(15)16)8-4-6-9(13)7-5-8/h4-7,10,14H,1-3H3,(H,15,16). The van der Waals surface area contributed by atoms with Gasteiger partial charge in [-0.3, -0.25) is 10.1 Å². The molecule has 4 heteroatoms. The van der Waals surface area contributed by atoms with E-state index in [9.17, 15) is 4.79 Å². The molecule has 0 spiro atoms. The van der Waals surface area contributed by atoms with Gasteiger partial charge in [0.2, 0.25) is 0 Å². The van der Waals surface area contributed by atoms with Gasteiger partial charge in [0.25, 0.3) is 0 Å². The Morgan fingerprint density at radius 1 is 1.31 bits per heavy atom. The first-order chi connectivity index (χ1) is 7.29. The Bertz CT molecular complexity index is 368. The maximum atomic E-state index is 11.2. The lowest BCUT2D eigenvalue weighted by Crippen LogP contribution is -2.42. The fraction of sp³-hybridized carbons (Fsp3) is 0.417. The summed E-state index contributed by atoms with van der Waals surface area (Å²) in [5.41, 5.74) is 0.440. The third kappa shape index (κ3) is 3.83. The Hall–Kier alpha value is -1.06. The van der Waals surface area contributed by atoms with Crippen molar-refractivity contribution in [2.24, 2.45) is 0 Å². The van der Waals surface area contributed by atoms with Crippen LogP contribution in [0.25, 0.3) is 0 Å². The van der Waals surface area contributed by atoms with Gasteiger partial charge in [-0.15, -0.1) is 0 Å². The Morgan fingerprint density at radius 3 is 2.19 bits per heavy atom. The molecule has 0 aliphatic heterocycles. The van der Waals surface area contributed by atoms with Gasteiger partial charge in [0, 0.05) is 10.6 Å². The van der Waals surface area contributed by atoms with Gasteiger partial charge in [0.1, 0.15) is 6.04 Å². The van der Waals surface area contributed by atoms with Crippen molar-refractivity contribution in [3.05, 3.63) is 34.9 Å². The molecule has 2 N–H and O–H groups in total. The molecule has 88 valence electrons. The molecule has 0 radical (unpaired) electrons. The Balaban J connectivity index is 2.94. The van der Waals surface area contributed by atoms with Gasteiger partial charge < -0.3 is 5.11 Å². The summed E-state index contributed by atoms with van der Waals surface area (Å²) in [6.45, 7) is 5.79. The van der Waals surface area contributed by atoms with Gasteiger partial charge in [-0.1, -0.05) is 23.7 Å². The molecular formula is C12H16ClNO2. The lowest BCUT2D eigenvalue weighted by Gasteiger charge is -2.26. The molecule has 1 aromatic rings. The summed E-state index contributed by atoms with van der Waals surface area (Å²) < 4.78 is 0. The maximum Gasteiger partial charge on any atom is 0.325 e. The highest BCUT2D eigenvalue weighted by Crippen LogP contribution is 2.19. The van der Waals surface area contributed by atoms with Crippen LogP contribution >= 0.6 is 11.6 Å². The van der Waals surface area contributed by atoms with Gasteiger partial charge in [0.15, 0.2) is 0 Å². The molecule has 0 bridgehead atoms. The lowest BCUT2D eigenvalue weighted by atomic mass is 10.0. The van der Waals surface area contributed by atoms with Gasteiger partial charge >= 0.3 is 5.97 Å². The largest absolute Gasteiger partial charge is 0.480 e. The predicted molar refractivity (Wildman–Crippen MR) is 64.7 cm³/mol. The summed E-state index contributed by atoms with van der Waals surface area (Å²) in [5.74, 6) is -0.891. The van der Waals surface area contributed by atoms with Crippen LogP contribution in [0.2, 0.25) is 5.02 Å². The van der Waals surface area contributed by atoms with Crippen LogP contribution in [0, 0.1) is 0 Å². The zero-order valence-corrected chi connectivity index (χ0v) is 10.4. The molecule has 1 unspecified atom stereocenters. The average Bonchev–Trinajstić information content (AvgIpc) is 2.14. The minimum Gasteiger partial charge on any atom is -0.480 e. The number of hydrogen-bond acceptors (Lipinski definition) is 2. The third-order valence-corrected chi connectivity index (χ3v) is 2.28. The number of aliphatic carboxylic acids is 1. The summed E-state index contributed by atoms with van der Waals surface area (Å²) in [5, 5.41) is 12.8. The molecule has 0 aromatic heterocycles. The van der Waals surface area contributed by atoms with Crippen molar-refractivity contribution in [2.75, 3.05) is 0 Å². The normalized spacial score (nSPS) is 13.5. The minimum absolute atomic E-state index is 0.261. The topological polar surface area (TPSA) is 49.3 Å². The fourth-order valence-electron chi connectivity index (χ4n) is 1.38. The maximum absolute atomic E-state index is 11.2. The number of carboxylic acids is 1. The van der Waals surface area contributed by atoms with Crippen LogP contribution in [0.1, 0.15) is 32.4 Å². The van der Waals surface area contributed by atoms with E-state index in [-0.39, 0.29) is 5.54 Å². The second-order valence-corrected chi connectivity index (χ2v) is 5.15. The van der Waals surface area contributed by atoms with Crippen LogP contribution in [0.3, 0.4) is 0 Å². The highest BCUT2D eigenvalue weighted by atomic mass is 35.5. The average molecular weight is 242 g/mol. The van der Waals surface area contributed by atoms with Crippen molar-refractivity contribution >= 4 is 17.6 Å². The first-order valence-electron chi connectivity index (χ1n) is 5.05. The summed E-state index contributed by atoms with van der Waals surface area (Å²) in [6, 6.07) is 6.12. The number of nitrogens with one attached hydrogen (secondary N) is 1. The number of rotatable bonds is 3. The van der Waals surface area contributed by atoms with Crippen LogP contribution in [0.4, 0.5) is 0 Å². The van der Waals surface area contributed by atoms with Crippen molar-refractivity contribution < 1.29 is 9.90 Å². The van der Waals surface area contributed by atoms with Crippen LogP contribution in [0.5, 0.6) is 0 Å². The number of carbonyl (C=O) groups is 1. The minimum atomic E-state index is -0.891. The van der Waals surface area contributed by atoms with Crippen molar-refractivity contribution in [3.8, 4) is 0 Å². The van der Waals surface area contributed by atoms with Gasteiger partial charge in [0.05, 0.1) is 0 Å². The molecule has 1 atom stereocenters. The van der Waals surface area contributed by atoms with Gasteiger partial charge in [-0.2, -0.15) is 0 Å². The Labute approximate surface area is 100 Å². The van der Waals surface area contributed by atoms with E-state index in [1.54, 1.807) is 24.3 Å². The Morgan fingerprint density at radius 2 is 1.81 bits per heavy atom. The molecule has 0 heterocycles. The lowest BCUT2D eigenvalue weighted by molar-refractivity contribution is -0.140. The van der Waals surface area contributed by atoms with E-state index in [2.05, 4.69) is 5.32 Å². The molecule has 0 aliphatic rings. The number of carboxylic acid groups (broad SMARTS) is 1. The van der Waals surface area contributed by atoms with E-state index < -0.39 is 12.0 Å². The van der Waals surface area contributed by atoms with E-state index in [1.165, 1.54) is 0 Å². The first kappa shape index (κ1) is 13.0. The van der Waals surface area contributed by atoms with E-state index in [1.807, 2.05) is 20.8 Å². The number of hydrogen-bond donors (Lipinski definition) is 2. The molecular weight excluding hydrogens is 226 g/mol. The SMILES string of the molecule is CC(C)(C)NC(C(=O)O)c1ccc(Cl)cc1. The highest BCUT2D eigenvalue weighted by Gasteiger charge is 2.24. The van der Waals surface area contributed by atoms with Crippen molar-refractivity contribution in [1.29, 1.82) is 0 Å². The summed E-state index contributed by atoms with van der Waals surface area (Å²) in [7, 11) is 0. The smallest absolute Gasteiger partial charge is 0.325 e. The molecule has 0 saturated heterocycles. The van der Waals surface area contributed by atoms with E-state index in [0.29, 0.717) is 10.6 Å². The molecule has 1 aromatic carbocycles. The molecule has 1 rings (SSSR count). The predicted octanol–water partition coefficient (Wildman–Crippen LogP) is 2.85. The number of benzene rings is 1. The third-order valence-electron chi connectivity index (χ3n) is 2.03. The van der Waals surface area contributed by atoms with Gasteiger partial charge in [-0.25, -0.2) is 0 Å². The van der Waals surface area contributed by atoms with Crippen molar-refractivity contribution in [2.45, 2.75) is 32.4 Å². The van der Waals surface area contributed by atoms with E-state index in [0.717, 1.165) is 0 Å². The van der Waals surface area contributed by atoms with E-state index in [4.69, 9.17) is 16.7 Å². The second kappa shape index (κ2) is 4.85. The Kier molecular flexibility index (Phi) is 3.94. The summed E-state index contributed by atoms with van der Waals surface area (Å²) in [4.78, 5) is 11.2. The monoisotopic (exact) mass is 241 g/mol. The molecule has 0 amide bonds. The van der Waals surface area contributed by atoms with Crippen LogP contribution in [-0.2, 0) is 4.79 Å². The van der Waals surface area contributed by atoms with E-state index >= 15 is 0 Å². The number of halogens is 1. The molecule has 0 saturated carbocycles. The zero-order valence-electron chi connectivity index (χ0n) is 9.62. The zero-order chi connectivity index (χ0) is 12.3. The summed E-state index contributed by atoms with van der Waals surface area (Å²) >= 11 is 5.76. The second-order valence-electron chi connectivity index (χ2n) is 4.72. The molecule has 16 heavy (non-hydrogen) atoms. The van der Waals surface area contributed by atoms with Crippen LogP contribution in [0.15, 0.2) is 24.3 Å².